The fourth-order valence-corrected chi connectivity index (χ4v) is 7.35. The molecule has 2 aromatic rings. The van der Waals surface area contributed by atoms with Crippen LogP contribution in [0.4, 0.5) is 0 Å². The van der Waals surface area contributed by atoms with E-state index in [-0.39, 0.29) is 5.92 Å². The van der Waals surface area contributed by atoms with Crippen LogP contribution < -0.4 is 0 Å². The van der Waals surface area contributed by atoms with Gasteiger partial charge < -0.3 is 24.1 Å². The molecule has 2 saturated carbocycles. The monoisotopic (exact) mass is 562 g/mol. The number of carbonyl (C=O) groups excluding carboxylic acids is 3. The summed E-state index contributed by atoms with van der Waals surface area (Å²) in [6.07, 6.45) is -0.286. The fourth-order valence-electron chi connectivity index (χ4n) is 7.35. The molecule has 1 N–H and O–H groups in total. The van der Waals surface area contributed by atoms with Gasteiger partial charge in [-0.15, -0.1) is 0 Å². The molecule has 1 heterocycles. The van der Waals surface area contributed by atoms with Gasteiger partial charge in [-0.05, 0) is 63.3 Å². The van der Waals surface area contributed by atoms with E-state index in [1.165, 1.54) is 13.0 Å². The van der Waals surface area contributed by atoms with Gasteiger partial charge >= 0.3 is 17.9 Å². The summed E-state index contributed by atoms with van der Waals surface area (Å²) in [6.45, 7) is 9.01. The van der Waals surface area contributed by atoms with Crippen LogP contribution in [-0.2, 0) is 28.5 Å². The SMILES string of the molecule is CC(=O)O[C@H]1[C@@H](O)[C@H](OC(=O)c2ccccc2)[C@@]2(C)[C@@H](OC(=O)C=Cc3ccccc3)C[C@@H]3C[C@]2(OC3(C)C)[C@@H]1C. The molecule has 8 heteroatoms. The Hall–Kier alpha value is -3.49. The molecular weight excluding hydrogens is 524 g/mol. The summed E-state index contributed by atoms with van der Waals surface area (Å²) in [5.41, 5.74) is -1.66. The van der Waals surface area contributed by atoms with E-state index in [1.807, 2.05) is 58.0 Å². The average Bonchev–Trinajstić information content (AvgIpc) is 3.19. The Bertz CT molecular complexity index is 1320. The number of aliphatic hydroxyl groups is 1. The Morgan fingerprint density at radius 2 is 1.59 bits per heavy atom. The van der Waals surface area contributed by atoms with Crippen LogP contribution >= 0.6 is 0 Å². The van der Waals surface area contributed by atoms with Crippen molar-refractivity contribution in [1.29, 1.82) is 0 Å². The Morgan fingerprint density at radius 3 is 2.22 bits per heavy atom. The van der Waals surface area contributed by atoms with Crippen LogP contribution in [0.3, 0.4) is 0 Å². The maximum Gasteiger partial charge on any atom is 0.338 e. The minimum absolute atomic E-state index is 0.00706. The molecule has 0 radical (unpaired) electrons. The molecule has 0 amide bonds. The summed E-state index contributed by atoms with van der Waals surface area (Å²) in [5.74, 6) is -2.24. The van der Waals surface area contributed by atoms with Gasteiger partial charge in [-0.3, -0.25) is 4.79 Å². The first-order valence-corrected chi connectivity index (χ1v) is 14.1. The number of benzene rings is 2. The molecule has 8 nitrogen and oxygen atoms in total. The topological polar surface area (TPSA) is 108 Å². The molecule has 1 spiro atoms. The fraction of sp³-hybridized carbons (Fsp3) is 0.485. The third-order valence-electron chi connectivity index (χ3n) is 9.54. The van der Waals surface area contributed by atoms with Gasteiger partial charge in [0, 0.05) is 18.9 Å². The molecule has 2 aromatic carbocycles. The van der Waals surface area contributed by atoms with Crippen molar-refractivity contribution in [1.82, 2.24) is 0 Å². The smallest absolute Gasteiger partial charge is 0.338 e. The number of fused-ring (bicyclic) bond motifs is 1. The molecule has 2 bridgehead atoms. The lowest BCUT2D eigenvalue weighted by molar-refractivity contribution is -0.303. The number of hydrogen-bond acceptors (Lipinski definition) is 8. The number of ether oxygens (including phenoxy) is 4. The first-order chi connectivity index (χ1) is 19.4. The first kappa shape index (κ1) is 29.0. The predicted octanol–water partition coefficient (Wildman–Crippen LogP) is 4.74. The number of carbonyl (C=O) groups is 3. The Balaban J connectivity index is 1.57. The molecular formula is C33H38O8. The summed E-state index contributed by atoms with van der Waals surface area (Å²) in [7, 11) is 0. The van der Waals surface area contributed by atoms with Crippen LogP contribution in [0, 0.1) is 17.3 Å². The van der Waals surface area contributed by atoms with E-state index >= 15 is 0 Å². The van der Waals surface area contributed by atoms with Gasteiger partial charge in [-0.25, -0.2) is 9.59 Å². The second kappa shape index (κ2) is 10.7. The van der Waals surface area contributed by atoms with E-state index in [0.717, 1.165) is 5.56 Å². The van der Waals surface area contributed by atoms with Gasteiger partial charge in [0.2, 0.25) is 0 Å². The van der Waals surface area contributed by atoms with Crippen molar-refractivity contribution in [2.24, 2.45) is 17.3 Å². The molecule has 3 fully saturated rings. The van der Waals surface area contributed by atoms with E-state index in [9.17, 15) is 19.5 Å². The molecule has 5 rings (SSSR count). The third kappa shape index (κ3) is 4.97. The van der Waals surface area contributed by atoms with Gasteiger partial charge in [0.15, 0.2) is 0 Å². The molecule has 0 aromatic heterocycles. The van der Waals surface area contributed by atoms with E-state index in [2.05, 4.69) is 0 Å². The first-order valence-electron chi connectivity index (χ1n) is 14.1. The highest BCUT2D eigenvalue weighted by Gasteiger charge is 2.77. The van der Waals surface area contributed by atoms with E-state index in [0.29, 0.717) is 18.4 Å². The van der Waals surface area contributed by atoms with Crippen molar-refractivity contribution in [3.63, 3.8) is 0 Å². The molecule has 0 unspecified atom stereocenters. The summed E-state index contributed by atoms with van der Waals surface area (Å²) in [6, 6.07) is 17.9. The lowest BCUT2D eigenvalue weighted by Gasteiger charge is -2.62. The van der Waals surface area contributed by atoms with Crippen LogP contribution in [-0.4, -0.2) is 58.6 Å². The second-order valence-electron chi connectivity index (χ2n) is 12.2. The van der Waals surface area contributed by atoms with Crippen molar-refractivity contribution in [3.8, 4) is 0 Å². The van der Waals surface area contributed by atoms with Crippen LogP contribution in [0.25, 0.3) is 6.08 Å². The average molecular weight is 563 g/mol. The highest BCUT2D eigenvalue weighted by molar-refractivity contribution is 5.89. The maximum absolute atomic E-state index is 13.4. The molecule has 1 aliphatic heterocycles. The largest absolute Gasteiger partial charge is 0.459 e. The second-order valence-corrected chi connectivity index (χ2v) is 12.2. The normalized spacial score (nSPS) is 35.4. The minimum Gasteiger partial charge on any atom is -0.459 e. The quantitative estimate of drug-likeness (QED) is 0.306. The van der Waals surface area contributed by atoms with E-state index < -0.39 is 64.9 Å². The Labute approximate surface area is 240 Å². The van der Waals surface area contributed by atoms with Crippen molar-refractivity contribution in [3.05, 3.63) is 77.9 Å². The molecule has 1 saturated heterocycles. The van der Waals surface area contributed by atoms with Gasteiger partial charge in [0.1, 0.15) is 24.4 Å². The number of esters is 3. The highest BCUT2D eigenvalue weighted by Crippen LogP contribution is 2.67. The lowest BCUT2D eigenvalue weighted by atomic mass is 9.49. The van der Waals surface area contributed by atoms with Gasteiger partial charge in [0.25, 0.3) is 0 Å². The van der Waals surface area contributed by atoms with Gasteiger partial charge in [-0.2, -0.15) is 0 Å². The van der Waals surface area contributed by atoms with Crippen molar-refractivity contribution >= 4 is 24.0 Å². The molecule has 41 heavy (non-hydrogen) atoms. The van der Waals surface area contributed by atoms with Crippen LogP contribution in [0.1, 0.15) is 63.4 Å². The zero-order valence-corrected chi connectivity index (χ0v) is 24.1. The van der Waals surface area contributed by atoms with E-state index in [4.69, 9.17) is 18.9 Å². The Morgan fingerprint density at radius 1 is 0.951 bits per heavy atom. The van der Waals surface area contributed by atoms with Crippen LogP contribution in [0.15, 0.2) is 66.7 Å². The standard InChI is InChI=1S/C33H38O8/c1-20-28(38-21(2)34)27(36)29(40-30(37)23-14-10-7-11-15-23)32(5)25(18-24-19-33(20,32)41-31(24,3)4)39-26(35)17-16-22-12-8-6-9-13-22/h6-17,20,24-25,27-29,36H,18-19H2,1-5H3/t20-,24-,25+,27-,28-,29+,32-,33+/m1/s1. The van der Waals surface area contributed by atoms with Crippen molar-refractivity contribution in [2.75, 3.05) is 0 Å². The summed E-state index contributed by atoms with van der Waals surface area (Å²) < 4.78 is 24.8. The number of hydrogen-bond donors (Lipinski definition) is 1. The van der Waals surface area contributed by atoms with Crippen molar-refractivity contribution in [2.45, 2.75) is 83.1 Å². The number of aliphatic hydroxyl groups excluding tert-OH is 1. The highest BCUT2D eigenvalue weighted by atomic mass is 16.6. The maximum atomic E-state index is 13.4. The minimum atomic E-state index is -1.39. The van der Waals surface area contributed by atoms with Gasteiger partial charge in [-0.1, -0.05) is 55.5 Å². The summed E-state index contributed by atoms with van der Waals surface area (Å²) in [5, 5.41) is 11.7. The lowest BCUT2D eigenvalue weighted by Crippen LogP contribution is -2.75. The number of rotatable bonds is 6. The van der Waals surface area contributed by atoms with Crippen LogP contribution in [0.2, 0.25) is 0 Å². The van der Waals surface area contributed by atoms with Crippen molar-refractivity contribution < 1.29 is 38.4 Å². The molecule has 218 valence electrons. The van der Waals surface area contributed by atoms with Gasteiger partial charge in [0.05, 0.1) is 22.2 Å². The summed E-state index contributed by atoms with van der Waals surface area (Å²) in [4.78, 5) is 38.8. The van der Waals surface area contributed by atoms with E-state index in [1.54, 1.807) is 36.4 Å². The molecule has 3 aliphatic rings. The van der Waals surface area contributed by atoms with Crippen LogP contribution in [0.5, 0.6) is 0 Å². The molecule has 2 aliphatic carbocycles. The zero-order valence-electron chi connectivity index (χ0n) is 24.1. The third-order valence-corrected chi connectivity index (χ3v) is 9.54. The summed E-state index contributed by atoms with van der Waals surface area (Å²) >= 11 is 0. The Kier molecular flexibility index (Phi) is 7.59. The molecule has 8 atom stereocenters. The predicted molar refractivity (Wildman–Crippen MR) is 150 cm³/mol. The zero-order chi connectivity index (χ0) is 29.6.